The Hall–Kier alpha value is -1.32. The standard InChI is InChI=1S/C18H28F2N2OSi/c1-12(2)24(13(3)4,14(5)6)9-8-18(7,23)16-10-15(17(19)20)21-11-22-16/h10-14,17,23H,1-7H3. The van der Waals surface area contributed by atoms with Crippen LogP contribution in [0.25, 0.3) is 0 Å². The van der Waals surface area contributed by atoms with E-state index >= 15 is 0 Å². The van der Waals surface area contributed by atoms with Crippen LogP contribution in [0.3, 0.4) is 0 Å². The molecule has 0 aliphatic carbocycles. The molecule has 0 fully saturated rings. The first-order valence-corrected chi connectivity index (χ1v) is 10.6. The molecule has 1 aromatic rings. The lowest BCUT2D eigenvalue weighted by Crippen LogP contribution is -2.43. The number of hydrogen-bond acceptors (Lipinski definition) is 3. The van der Waals surface area contributed by atoms with Crippen molar-refractivity contribution in [2.75, 3.05) is 0 Å². The molecule has 3 nitrogen and oxygen atoms in total. The Morgan fingerprint density at radius 1 is 1.04 bits per heavy atom. The van der Waals surface area contributed by atoms with Gasteiger partial charge in [-0.2, -0.15) is 0 Å². The van der Waals surface area contributed by atoms with Gasteiger partial charge in [-0.25, -0.2) is 18.7 Å². The van der Waals surface area contributed by atoms with Gasteiger partial charge in [-0.15, -0.1) is 5.54 Å². The van der Waals surface area contributed by atoms with Crippen molar-refractivity contribution < 1.29 is 13.9 Å². The summed E-state index contributed by atoms with van der Waals surface area (Å²) >= 11 is 0. The Kier molecular flexibility index (Phi) is 6.65. The van der Waals surface area contributed by atoms with Crippen LogP contribution >= 0.6 is 0 Å². The van der Waals surface area contributed by atoms with Crippen molar-refractivity contribution >= 4 is 8.07 Å². The summed E-state index contributed by atoms with van der Waals surface area (Å²) in [6.45, 7) is 14.6. The minimum Gasteiger partial charge on any atom is -0.372 e. The Morgan fingerprint density at radius 2 is 1.54 bits per heavy atom. The van der Waals surface area contributed by atoms with E-state index in [1.54, 1.807) is 0 Å². The van der Waals surface area contributed by atoms with Gasteiger partial charge in [0.25, 0.3) is 6.43 Å². The third kappa shape index (κ3) is 4.20. The molecule has 1 aromatic heterocycles. The van der Waals surface area contributed by atoms with Crippen LogP contribution in [0.5, 0.6) is 0 Å². The Labute approximate surface area is 144 Å². The Balaban J connectivity index is 3.36. The highest BCUT2D eigenvalue weighted by molar-refractivity contribution is 6.90. The smallest absolute Gasteiger partial charge is 0.280 e. The molecule has 1 heterocycles. The molecule has 1 atom stereocenters. The molecule has 1 N–H and O–H groups in total. The first-order chi connectivity index (χ1) is 10.9. The van der Waals surface area contributed by atoms with E-state index in [0.717, 1.165) is 12.4 Å². The van der Waals surface area contributed by atoms with E-state index < -0.39 is 25.8 Å². The molecule has 24 heavy (non-hydrogen) atoms. The maximum atomic E-state index is 12.8. The fraction of sp³-hybridized carbons (Fsp3) is 0.667. The fourth-order valence-electron chi connectivity index (χ4n) is 3.48. The maximum Gasteiger partial charge on any atom is 0.280 e. The SMILES string of the molecule is CC(C)[Si](C#CC(C)(O)c1cc(C(F)F)ncn1)(C(C)C)C(C)C. The van der Waals surface area contributed by atoms with Gasteiger partial charge in [-0.05, 0) is 29.6 Å². The van der Waals surface area contributed by atoms with Gasteiger partial charge < -0.3 is 5.11 Å². The van der Waals surface area contributed by atoms with Gasteiger partial charge in [0.1, 0.15) is 20.1 Å². The van der Waals surface area contributed by atoms with Gasteiger partial charge in [0.05, 0.1) is 5.69 Å². The number of alkyl halides is 2. The molecule has 0 aromatic carbocycles. The normalized spacial score (nSPS) is 14.9. The van der Waals surface area contributed by atoms with Crippen molar-refractivity contribution in [2.45, 2.75) is 77.1 Å². The van der Waals surface area contributed by atoms with Crippen LogP contribution in [0, 0.1) is 11.5 Å². The van der Waals surface area contributed by atoms with E-state index in [1.165, 1.54) is 6.92 Å². The number of aromatic nitrogens is 2. The molecule has 1 unspecified atom stereocenters. The highest BCUT2D eigenvalue weighted by Crippen LogP contribution is 2.41. The fourth-order valence-corrected chi connectivity index (χ4v) is 8.81. The average molecular weight is 355 g/mol. The van der Waals surface area contributed by atoms with E-state index in [4.69, 9.17) is 0 Å². The van der Waals surface area contributed by atoms with Crippen molar-refractivity contribution in [1.82, 2.24) is 9.97 Å². The Bertz CT molecular complexity index is 597. The molecule has 0 radical (unpaired) electrons. The molecular formula is C18H28F2N2OSi. The molecular weight excluding hydrogens is 326 g/mol. The molecule has 0 spiro atoms. The summed E-state index contributed by atoms with van der Waals surface area (Å²) in [5, 5.41) is 10.7. The number of rotatable bonds is 5. The predicted octanol–water partition coefficient (Wildman–Crippen LogP) is 4.84. The topological polar surface area (TPSA) is 46.0 Å². The Morgan fingerprint density at radius 3 is 1.96 bits per heavy atom. The summed E-state index contributed by atoms with van der Waals surface area (Å²) in [5.41, 5.74) is 2.80. The van der Waals surface area contributed by atoms with Crippen LogP contribution in [0.1, 0.15) is 66.3 Å². The second-order valence-electron chi connectivity index (χ2n) is 7.35. The lowest BCUT2D eigenvalue weighted by atomic mass is 10.0. The molecule has 134 valence electrons. The number of hydrogen-bond donors (Lipinski definition) is 1. The zero-order valence-corrected chi connectivity index (χ0v) is 16.6. The second kappa shape index (κ2) is 7.71. The third-order valence-electron chi connectivity index (χ3n) is 4.80. The number of aliphatic hydroxyl groups is 1. The molecule has 0 amide bonds. The van der Waals surface area contributed by atoms with Crippen molar-refractivity contribution in [3.05, 3.63) is 23.8 Å². The lowest BCUT2D eigenvalue weighted by molar-refractivity contribution is 0.114. The monoisotopic (exact) mass is 354 g/mol. The van der Waals surface area contributed by atoms with E-state index in [9.17, 15) is 13.9 Å². The van der Waals surface area contributed by atoms with Gasteiger partial charge in [-0.3, -0.25) is 0 Å². The molecule has 0 saturated heterocycles. The summed E-state index contributed by atoms with van der Waals surface area (Å²) in [6.07, 6.45) is -1.66. The molecule has 0 bridgehead atoms. The summed E-state index contributed by atoms with van der Waals surface area (Å²) < 4.78 is 25.7. The average Bonchev–Trinajstić information content (AvgIpc) is 2.46. The first-order valence-electron chi connectivity index (χ1n) is 8.32. The molecule has 0 aliphatic heterocycles. The highest BCUT2D eigenvalue weighted by atomic mass is 28.3. The van der Waals surface area contributed by atoms with E-state index in [2.05, 4.69) is 63.0 Å². The van der Waals surface area contributed by atoms with Crippen LogP contribution in [-0.4, -0.2) is 23.1 Å². The van der Waals surface area contributed by atoms with Gasteiger partial charge in [0.15, 0.2) is 5.60 Å². The molecule has 1 rings (SSSR count). The summed E-state index contributed by atoms with van der Waals surface area (Å²) in [7, 11) is -2.02. The van der Waals surface area contributed by atoms with E-state index in [0.29, 0.717) is 16.6 Å². The van der Waals surface area contributed by atoms with Crippen molar-refractivity contribution in [2.24, 2.45) is 0 Å². The van der Waals surface area contributed by atoms with Crippen LogP contribution in [0.2, 0.25) is 16.6 Å². The number of nitrogens with zero attached hydrogens (tertiary/aromatic N) is 2. The second-order valence-corrected chi connectivity index (χ2v) is 12.9. The van der Waals surface area contributed by atoms with E-state index in [-0.39, 0.29) is 5.69 Å². The molecule has 0 saturated carbocycles. The van der Waals surface area contributed by atoms with E-state index in [1.807, 2.05) is 0 Å². The van der Waals surface area contributed by atoms with Crippen molar-refractivity contribution in [3.63, 3.8) is 0 Å². The van der Waals surface area contributed by atoms with Crippen LogP contribution in [0.15, 0.2) is 12.4 Å². The molecule has 6 heteroatoms. The summed E-state index contributed by atoms with van der Waals surface area (Å²) in [6, 6.07) is 1.13. The maximum absolute atomic E-state index is 12.8. The third-order valence-corrected chi connectivity index (χ3v) is 11.1. The minimum absolute atomic E-state index is 0.111. The zero-order valence-electron chi connectivity index (χ0n) is 15.6. The van der Waals surface area contributed by atoms with Gasteiger partial charge in [0, 0.05) is 0 Å². The van der Waals surface area contributed by atoms with Crippen LogP contribution in [0.4, 0.5) is 8.78 Å². The predicted molar refractivity (Wildman–Crippen MR) is 95.4 cm³/mol. The van der Waals surface area contributed by atoms with Crippen LogP contribution < -0.4 is 0 Å². The highest BCUT2D eigenvalue weighted by Gasteiger charge is 2.42. The quantitative estimate of drug-likeness (QED) is 0.608. The van der Waals surface area contributed by atoms with Crippen LogP contribution in [-0.2, 0) is 5.60 Å². The first kappa shape index (κ1) is 20.7. The van der Waals surface area contributed by atoms with Gasteiger partial charge in [0.2, 0.25) is 0 Å². The lowest BCUT2D eigenvalue weighted by Gasteiger charge is -2.38. The largest absolute Gasteiger partial charge is 0.372 e. The molecule has 0 aliphatic rings. The van der Waals surface area contributed by atoms with Gasteiger partial charge in [-0.1, -0.05) is 47.5 Å². The summed E-state index contributed by atoms with van der Waals surface area (Å²) in [4.78, 5) is 7.48. The summed E-state index contributed by atoms with van der Waals surface area (Å²) in [5.74, 6) is 2.96. The zero-order chi connectivity index (χ0) is 18.7. The van der Waals surface area contributed by atoms with Gasteiger partial charge >= 0.3 is 0 Å². The van der Waals surface area contributed by atoms with Crippen molar-refractivity contribution in [1.29, 1.82) is 0 Å². The van der Waals surface area contributed by atoms with Crippen molar-refractivity contribution in [3.8, 4) is 11.5 Å². The minimum atomic E-state index is -2.70. The number of halogens is 2.